The van der Waals surface area contributed by atoms with Crippen molar-refractivity contribution in [2.45, 2.75) is 31.7 Å². The third-order valence-corrected chi connectivity index (χ3v) is 4.81. The van der Waals surface area contributed by atoms with E-state index in [-0.39, 0.29) is 11.6 Å². The van der Waals surface area contributed by atoms with Crippen molar-refractivity contribution in [2.24, 2.45) is 0 Å². The lowest BCUT2D eigenvalue weighted by molar-refractivity contribution is 0.0938. The topological polar surface area (TPSA) is 102 Å². The standard InChI is InChI=1S/C20H21N5O3/c1-12(14-9-22-25(11-14)16-5-3-4-6-17(16)28-2)23-19(26)15-10-21-18(13-7-8-13)24-20(15)27/h3-6,9-13H,7-8H2,1-2H3,(H,23,26)(H,21,24,27)/t12-/m1/s1. The molecule has 2 aromatic heterocycles. The monoisotopic (exact) mass is 379 g/mol. The number of ether oxygens (including phenoxy) is 1. The van der Waals surface area contributed by atoms with E-state index in [0.717, 1.165) is 24.1 Å². The van der Waals surface area contributed by atoms with Crippen molar-refractivity contribution in [1.29, 1.82) is 0 Å². The minimum atomic E-state index is -0.464. The molecule has 8 heteroatoms. The van der Waals surface area contributed by atoms with Gasteiger partial charge in [0.2, 0.25) is 0 Å². The third kappa shape index (κ3) is 3.53. The minimum Gasteiger partial charge on any atom is -0.494 e. The molecule has 1 aliphatic carbocycles. The number of amides is 1. The molecule has 28 heavy (non-hydrogen) atoms. The van der Waals surface area contributed by atoms with Crippen molar-refractivity contribution in [1.82, 2.24) is 25.1 Å². The highest BCUT2D eigenvalue weighted by Gasteiger charge is 2.27. The Bertz CT molecular complexity index is 1070. The maximum Gasteiger partial charge on any atom is 0.263 e. The second-order valence-electron chi connectivity index (χ2n) is 6.87. The molecule has 1 fully saturated rings. The quantitative estimate of drug-likeness (QED) is 0.684. The number of H-pyrrole nitrogens is 1. The van der Waals surface area contributed by atoms with Crippen LogP contribution in [0.5, 0.6) is 5.75 Å². The lowest BCUT2D eigenvalue weighted by Gasteiger charge is -2.12. The van der Waals surface area contributed by atoms with Gasteiger partial charge in [-0.05, 0) is 31.9 Å². The van der Waals surface area contributed by atoms with Crippen LogP contribution in [0.3, 0.4) is 0 Å². The molecule has 144 valence electrons. The van der Waals surface area contributed by atoms with Crippen molar-refractivity contribution in [2.75, 3.05) is 7.11 Å². The molecule has 0 aliphatic heterocycles. The van der Waals surface area contributed by atoms with E-state index >= 15 is 0 Å². The zero-order valence-electron chi connectivity index (χ0n) is 15.7. The molecule has 0 spiro atoms. The molecule has 0 bridgehead atoms. The summed E-state index contributed by atoms with van der Waals surface area (Å²) in [5.74, 6) is 1.22. The van der Waals surface area contributed by atoms with Crippen molar-refractivity contribution in [3.63, 3.8) is 0 Å². The SMILES string of the molecule is COc1ccccc1-n1cc([C@@H](C)NC(=O)c2cnc(C3CC3)[nH]c2=O)cn1. The number of aromatic amines is 1. The van der Waals surface area contributed by atoms with Crippen LogP contribution >= 0.6 is 0 Å². The van der Waals surface area contributed by atoms with E-state index < -0.39 is 11.5 Å². The smallest absolute Gasteiger partial charge is 0.263 e. The van der Waals surface area contributed by atoms with Crippen LogP contribution in [0, 0.1) is 0 Å². The Labute approximate surface area is 161 Å². The van der Waals surface area contributed by atoms with Crippen LogP contribution in [0.25, 0.3) is 5.69 Å². The summed E-state index contributed by atoms with van der Waals surface area (Å²) in [6, 6.07) is 7.20. The minimum absolute atomic E-state index is 0.00775. The highest BCUT2D eigenvalue weighted by atomic mass is 16.5. The van der Waals surface area contributed by atoms with Gasteiger partial charge in [-0.2, -0.15) is 5.10 Å². The van der Waals surface area contributed by atoms with Crippen LogP contribution in [0.2, 0.25) is 0 Å². The number of nitrogens with one attached hydrogen (secondary N) is 2. The Kier molecular flexibility index (Phi) is 4.68. The second kappa shape index (κ2) is 7.30. The van der Waals surface area contributed by atoms with Crippen LogP contribution in [0.1, 0.15) is 53.5 Å². The molecule has 2 heterocycles. The molecule has 2 N–H and O–H groups in total. The van der Waals surface area contributed by atoms with Gasteiger partial charge >= 0.3 is 0 Å². The van der Waals surface area contributed by atoms with Crippen LogP contribution in [0.4, 0.5) is 0 Å². The largest absolute Gasteiger partial charge is 0.494 e. The van der Waals surface area contributed by atoms with Gasteiger partial charge in [-0.1, -0.05) is 12.1 Å². The van der Waals surface area contributed by atoms with Gasteiger partial charge < -0.3 is 15.0 Å². The van der Waals surface area contributed by atoms with E-state index in [1.54, 1.807) is 18.0 Å². The van der Waals surface area contributed by atoms with E-state index in [1.807, 2.05) is 37.4 Å². The van der Waals surface area contributed by atoms with Crippen molar-refractivity contribution >= 4 is 5.91 Å². The zero-order chi connectivity index (χ0) is 19.7. The number of methoxy groups -OCH3 is 1. The lowest BCUT2D eigenvalue weighted by atomic mass is 10.2. The van der Waals surface area contributed by atoms with E-state index in [9.17, 15) is 9.59 Å². The Hall–Kier alpha value is -3.42. The average Bonchev–Trinajstić information content (AvgIpc) is 3.44. The summed E-state index contributed by atoms with van der Waals surface area (Å²) < 4.78 is 7.05. The summed E-state index contributed by atoms with van der Waals surface area (Å²) >= 11 is 0. The fourth-order valence-electron chi connectivity index (χ4n) is 3.00. The number of hydrogen-bond donors (Lipinski definition) is 2. The van der Waals surface area contributed by atoms with Crippen molar-refractivity contribution in [3.8, 4) is 11.4 Å². The molecule has 8 nitrogen and oxygen atoms in total. The number of carbonyl (C=O) groups is 1. The fraction of sp³-hybridized carbons (Fsp3) is 0.300. The molecule has 4 rings (SSSR count). The van der Waals surface area contributed by atoms with Gasteiger partial charge in [0, 0.05) is 23.9 Å². The molecule has 1 saturated carbocycles. The molecule has 0 saturated heterocycles. The van der Waals surface area contributed by atoms with Crippen molar-refractivity contribution in [3.05, 3.63) is 70.2 Å². The number of carbonyl (C=O) groups excluding carboxylic acids is 1. The maximum atomic E-state index is 12.5. The number of para-hydroxylation sites is 2. The van der Waals surface area contributed by atoms with E-state index in [2.05, 4.69) is 20.4 Å². The van der Waals surface area contributed by atoms with Crippen LogP contribution in [0.15, 0.2) is 47.7 Å². The van der Waals surface area contributed by atoms with Gasteiger partial charge in [-0.3, -0.25) is 9.59 Å². The Morgan fingerprint density at radius 1 is 1.32 bits per heavy atom. The first-order chi connectivity index (χ1) is 13.6. The van der Waals surface area contributed by atoms with Crippen LogP contribution < -0.4 is 15.6 Å². The fourth-order valence-corrected chi connectivity index (χ4v) is 3.00. The second-order valence-corrected chi connectivity index (χ2v) is 6.87. The number of rotatable bonds is 6. The number of nitrogens with zero attached hydrogens (tertiary/aromatic N) is 3. The summed E-state index contributed by atoms with van der Waals surface area (Å²) in [6.45, 7) is 1.83. The first-order valence-electron chi connectivity index (χ1n) is 9.15. The van der Waals surface area contributed by atoms with Gasteiger partial charge in [-0.15, -0.1) is 0 Å². The summed E-state index contributed by atoms with van der Waals surface area (Å²) in [6.07, 6.45) is 6.91. The lowest BCUT2D eigenvalue weighted by Crippen LogP contribution is -2.32. The van der Waals surface area contributed by atoms with E-state index in [1.165, 1.54) is 6.20 Å². The van der Waals surface area contributed by atoms with Crippen molar-refractivity contribution < 1.29 is 9.53 Å². The molecule has 3 aromatic rings. The normalized spacial score (nSPS) is 14.5. The van der Waals surface area contributed by atoms with Gasteiger partial charge in [-0.25, -0.2) is 9.67 Å². The molecular formula is C20H21N5O3. The molecule has 1 aromatic carbocycles. The Morgan fingerprint density at radius 3 is 2.82 bits per heavy atom. The molecule has 0 radical (unpaired) electrons. The van der Waals surface area contributed by atoms with Gasteiger partial charge in [0.1, 0.15) is 22.8 Å². The average molecular weight is 379 g/mol. The first kappa shape index (κ1) is 18.0. The number of hydrogen-bond acceptors (Lipinski definition) is 5. The molecule has 1 aliphatic rings. The Balaban J connectivity index is 1.49. The highest BCUT2D eigenvalue weighted by Crippen LogP contribution is 2.37. The van der Waals surface area contributed by atoms with Crippen LogP contribution in [-0.2, 0) is 0 Å². The predicted molar refractivity (Wildman–Crippen MR) is 103 cm³/mol. The summed E-state index contributed by atoms with van der Waals surface area (Å²) in [4.78, 5) is 31.6. The molecule has 0 unspecified atom stereocenters. The van der Waals surface area contributed by atoms with E-state index in [0.29, 0.717) is 17.5 Å². The summed E-state index contributed by atoms with van der Waals surface area (Å²) in [5.41, 5.74) is 1.20. The highest BCUT2D eigenvalue weighted by molar-refractivity contribution is 5.93. The maximum absolute atomic E-state index is 12.5. The molecule has 1 amide bonds. The summed E-state index contributed by atoms with van der Waals surface area (Å²) in [5, 5.41) is 7.18. The third-order valence-electron chi connectivity index (χ3n) is 4.81. The summed E-state index contributed by atoms with van der Waals surface area (Å²) in [7, 11) is 1.60. The Morgan fingerprint density at radius 2 is 2.11 bits per heavy atom. The zero-order valence-corrected chi connectivity index (χ0v) is 15.7. The van der Waals surface area contributed by atoms with Gasteiger partial charge in [0.25, 0.3) is 11.5 Å². The van der Waals surface area contributed by atoms with Crippen LogP contribution in [-0.4, -0.2) is 32.8 Å². The van der Waals surface area contributed by atoms with E-state index in [4.69, 9.17) is 4.74 Å². The van der Waals surface area contributed by atoms with Gasteiger partial charge in [0.05, 0.1) is 19.3 Å². The number of benzene rings is 1. The molecular weight excluding hydrogens is 358 g/mol. The first-order valence-corrected chi connectivity index (χ1v) is 9.15. The number of aromatic nitrogens is 4. The molecule has 1 atom stereocenters. The van der Waals surface area contributed by atoms with Gasteiger partial charge in [0.15, 0.2) is 0 Å². The predicted octanol–water partition coefficient (Wildman–Crippen LogP) is 2.33.